The van der Waals surface area contributed by atoms with Crippen LogP contribution in [0.4, 0.5) is 4.79 Å². The normalized spacial score (nSPS) is 16.2. The van der Waals surface area contributed by atoms with Crippen molar-refractivity contribution in [2.75, 3.05) is 19.7 Å². The molecular formula is C31H37N3O6. The van der Waals surface area contributed by atoms with Gasteiger partial charge in [0, 0.05) is 13.0 Å². The Balaban J connectivity index is 1.46. The molecule has 40 heavy (non-hydrogen) atoms. The van der Waals surface area contributed by atoms with Crippen molar-refractivity contribution < 1.29 is 29.0 Å². The van der Waals surface area contributed by atoms with Crippen molar-refractivity contribution in [2.45, 2.75) is 58.2 Å². The number of amides is 1. The van der Waals surface area contributed by atoms with E-state index in [1.807, 2.05) is 75.4 Å². The second-order valence-corrected chi connectivity index (χ2v) is 10.8. The molecule has 4 rings (SSSR count). The SMILES string of the molecule is CCOC(=O)[C@@H](Cc1ccc2ccc(C=NNO)cc2c1)c1ccc(O[C@H]2CCN(C(=O)OC(C)(C)C)C2)cc1. The molecule has 0 saturated carbocycles. The molecule has 0 unspecified atom stereocenters. The maximum absolute atomic E-state index is 13.0. The van der Waals surface area contributed by atoms with Crippen molar-refractivity contribution in [1.82, 2.24) is 10.5 Å². The maximum atomic E-state index is 13.0. The van der Waals surface area contributed by atoms with Gasteiger partial charge in [0.2, 0.25) is 0 Å². The van der Waals surface area contributed by atoms with E-state index < -0.39 is 11.5 Å². The minimum atomic E-state index is -0.538. The van der Waals surface area contributed by atoms with E-state index in [0.717, 1.165) is 33.9 Å². The highest BCUT2D eigenvalue weighted by Gasteiger charge is 2.31. The van der Waals surface area contributed by atoms with Crippen molar-refractivity contribution >= 4 is 29.0 Å². The number of nitrogens with zero attached hydrogens (tertiary/aromatic N) is 2. The van der Waals surface area contributed by atoms with E-state index >= 15 is 0 Å². The number of benzene rings is 3. The molecule has 2 N–H and O–H groups in total. The van der Waals surface area contributed by atoms with Gasteiger partial charge in [-0.1, -0.05) is 42.5 Å². The topological polar surface area (TPSA) is 110 Å². The molecule has 9 nitrogen and oxygen atoms in total. The highest BCUT2D eigenvalue weighted by Crippen LogP contribution is 2.28. The second kappa shape index (κ2) is 12.8. The molecule has 9 heteroatoms. The summed E-state index contributed by atoms with van der Waals surface area (Å²) in [5.41, 5.74) is 3.90. The van der Waals surface area contributed by atoms with Crippen LogP contribution in [0.25, 0.3) is 10.8 Å². The molecule has 3 aromatic rings. The van der Waals surface area contributed by atoms with Gasteiger partial charge in [0.25, 0.3) is 0 Å². The summed E-state index contributed by atoms with van der Waals surface area (Å²) >= 11 is 0. The zero-order valence-electron chi connectivity index (χ0n) is 23.4. The molecule has 3 aromatic carbocycles. The average Bonchev–Trinajstić information content (AvgIpc) is 3.39. The Labute approximate surface area is 234 Å². The number of carbonyl (C=O) groups excluding carboxylic acids is 2. The zero-order valence-corrected chi connectivity index (χ0v) is 23.4. The molecule has 2 atom stereocenters. The number of likely N-dealkylation sites (tertiary alicyclic amines) is 1. The van der Waals surface area contributed by atoms with Crippen molar-refractivity contribution in [2.24, 2.45) is 5.10 Å². The fourth-order valence-corrected chi connectivity index (χ4v) is 4.73. The first-order chi connectivity index (χ1) is 19.1. The van der Waals surface area contributed by atoms with Crippen molar-refractivity contribution in [3.05, 3.63) is 77.4 Å². The predicted molar refractivity (Wildman–Crippen MR) is 153 cm³/mol. The summed E-state index contributed by atoms with van der Waals surface area (Å²) in [6.45, 7) is 8.70. The molecule has 1 amide bonds. The van der Waals surface area contributed by atoms with Gasteiger partial charge in [0.05, 0.1) is 25.3 Å². The lowest BCUT2D eigenvalue weighted by Gasteiger charge is -2.24. The van der Waals surface area contributed by atoms with Crippen LogP contribution in [0.3, 0.4) is 0 Å². The lowest BCUT2D eigenvalue weighted by Crippen LogP contribution is -2.36. The third-order valence-electron chi connectivity index (χ3n) is 6.59. The van der Waals surface area contributed by atoms with E-state index in [-0.39, 0.29) is 18.2 Å². The number of fused-ring (bicyclic) bond motifs is 1. The minimum Gasteiger partial charge on any atom is -0.489 e. The van der Waals surface area contributed by atoms with Gasteiger partial charge in [0.1, 0.15) is 17.5 Å². The smallest absolute Gasteiger partial charge is 0.410 e. The summed E-state index contributed by atoms with van der Waals surface area (Å²) in [5, 5.41) is 14.4. The van der Waals surface area contributed by atoms with Gasteiger partial charge < -0.3 is 19.1 Å². The molecule has 1 heterocycles. The molecule has 0 aliphatic carbocycles. The van der Waals surface area contributed by atoms with Gasteiger partial charge in [0.15, 0.2) is 0 Å². The number of hydrazone groups is 1. The number of nitrogens with one attached hydrogen (secondary N) is 1. The zero-order chi connectivity index (χ0) is 28.7. The number of hydrogen-bond acceptors (Lipinski definition) is 8. The summed E-state index contributed by atoms with van der Waals surface area (Å²) in [5.74, 6) is -0.0847. The molecule has 1 aliphatic rings. The predicted octanol–water partition coefficient (Wildman–Crippen LogP) is 5.43. The van der Waals surface area contributed by atoms with Crippen LogP contribution in [0.2, 0.25) is 0 Å². The summed E-state index contributed by atoms with van der Waals surface area (Å²) in [6.07, 6.45) is 2.27. The summed E-state index contributed by atoms with van der Waals surface area (Å²) < 4.78 is 17.0. The fraction of sp³-hybridized carbons (Fsp3) is 0.387. The molecule has 1 fully saturated rings. The number of esters is 1. The molecule has 1 aliphatic heterocycles. The Morgan fingerprint density at radius 1 is 1.10 bits per heavy atom. The summed E-state index contributed by atoms with van der Waals surface area (Å²) in [4.78, 5) is 27.0. The molecule has 0 spiro atoms. The van der Waals surface area contributed by atoms with Gasteiger partial charge in [-0.05, 0) is 79.8 Å². The highest BCUT2D eigenvalue weighted by atomic mass is 16.6. The molecule has 0 radical (unpaired) electrons. The Morgan fingerprint density at radius 2 is 1.85 bits per heavy atom. The fourth-order valence-electron chi connectivity index (χ4n) is 4.73. The van der Waals surface area contributed by atoms with E-state index in [1.54, 1.807) is 17.4 Å². The van der Waals surface area contributed by atoms with Crippen molar-refractivity contribution in [3.8, 4) is 5.75 Å². The number of ether oxygens (including phenoxy) is 3. The van der Waals surface area contributed by atoms with Crippen molar-refractivity contribution in [1.29, 1.82) is 0 Å². The Bertz CT molecular complexity index is 1350. The Kier molecular flexibility index (Phi) is 9.26. The van der Waals surface area contributed by atoms with Crippen LogP contribution in [0.15, 0.2) is 65.8 Å². The Hall–Kier alpha value is -4.11. The van der Waals surface area contributed by atoms with Gasteiger partial charge in [-0.3, -0.25) is 10.0 Å². The van der Waals surface area contributed by atoms with E-state index in [1.165, 1.54) is 6.21 Å². The van der Waals surface area contributed by atoms with Crippen LogP contribution in [0, 0.1) is 0 Å². The van der Waals surface area contributed by atoms with Gasteiger partial charge in [-0.25, -0.2) is 4.79 Å². The van der Waals surface area contributed by atoms with E-state index in [4.69, 9.17) is 19.4 Å². The van der Waals surface area contributed by atoms with E-state index in [0.29, 0.717) is 31.9 Å². The number of rotatable bonds is 9. The van der Waals surface area contributed by atoms with Crippen LogP contribution in [-0.2, 0) is 20.7 Å². The van der Waals surface area contributed by atoms with Crippen LogP contribution in [0.1, 0.15) is 56.7 Å². The van der Waals surface area contributed by atoms with E-state index in [2.05, 4.69) is 11.2 Å². The standard InChI is InChI=1S/C31H37N3O6/c1-5-38-29(35)28(18-21-6-8-23-9-7-22(19-32-33-37)17-25(23)16-21)24-10-12-26(13-11-24)39-27-14-15-34(20-27)30(36)40-31(2,3)4/h6-13,16-17,19,27-28,33,37H,5,14-15,18,20H2,1-4H3/t27-,28-/m0/s1. The van der Waals surface area contributed by atoms with E-state index in [9.17, 15) is 9.59 Å². The minimum absolute atomic E-state index is 0.125. The lowest BCUT2D eigenvalue weighted by molar-refractivity contribution is -0.144. The highest BCUT2D eigenvalue weighted by molar-refractivity contribution is 5.91. The monoisotopic (exact) mass is 547 g/mol. The molecular weight excluding hydrogens is 510 g/mol. The van der Waals surface area contributed by atoms with Gasteiger partial charge >= 0.3 is 12.1 Å². The largest absolute Gasteiger partial charge is 0.489 e. The summed E-state index contributed by atoms with van der Waals surface area (Å²) in [6, 6.07) is 19.5. The van der Waals surface area contributed by atoms with Crippen LogP contribution in [0.5, 0.6) is 5.75 Å². The maximum Gasteiger partial charge on any atom is 0.410 e. The molecule has 1 saturated heterocycles. The Morgan fingerprint density at radius 3 is 2.55 bits per heavy atom. The van der Waals surface area contributed by atoms with Crippen molar-refractivity contribution in [3.63, 3.8) is 0 Å². The molecule has 0 aromatic heterocycles. The first-order valence-electron chi connectivity index (χ1n) is 13.5. The quantitative estimate of drug-likeness (QED) is 0.209. The van der Waals surface area contributed by atoms with Crippen LogP contribution < -0.4 is 10.3 Å². The number of hydrogen-bond donors (Lipinski definition) is 2. The third-order valence-corrected chi connectivity index (χ3v) is 6.59. The number of carbonyl (C=O) groups is 2. The van der Waals surface area contributed by atoms with Crippen LogP contribution >= 0.6 is 0 Å². The average molecular weight is 548 g/mol. The molecule has 0 bridgehead atoms. The second-order valence-electron chi connectivity index (χ2n) is 10.8. The van der Waals surface area contributed by atoms with Gasteiger partial charge in [-0.15, -0.1) is 0 Å². The molecule has 212 valence electrons. The summed E-state index contributed by atoms with van der Waals surface area (Å²) in [7, 11) is 0. The first-order valence-corrected chi connectivity index (χ1v) is 13.5. The first kappa shape index (κ1) is 28.9. The van der Waals surface area contributed by atoms with Crippen LogP contribution in [-0.4, -0.2) is 59.8 Å². The third kappa shape index (κ3) is 7.72. The lowest BCUT2D eigenvalue weighted by atomic mass is 9.91. The van der Waals surface area contributed by atoms with Gasteiger partial charge in [-0.2, -0.15) is 10.7 Å².